The van der Waals surface area contributed by atoms with Gasteiger partial charge < -0.3 is 15.0 Å². The lowest BCUT2D eigenvalue weighted by molar-refractivity contribution is 0.225. The fourth-order valence-electron chi connectivity index (χ4n) is 2.17. The fraction of sp³-hybridized carbons (Fsp3) is 0.625. The van der Waals surface area contributed by atoms with Crippen molar-refractivity contribution in [2.45, 2.75) is 39.3 Å². The van der Waals surface area contributed by atoms with E-state index in [1.807, 2.05) is 6.07 Å². The van der Waals surface area contributed by atoms with Crippen molar-refractivity contribution in [1.29, 1.82) is 0 Å². The molecule has 0 aliphatic rings. The van der Waals surface area contributed by atoms with E-state index in [2.05, 4.69) is 56.2 Å². The van der Waals surface area contributed by atoms with E-state index in [9.17, 15) is 0 Å². The van der Waals surface area contributed by atoms with Crippen molar-refractivity contribution in [3.63, 3.8) is 0 Å². The molecular formula is C16H28N2O. The Labute approximate surface area is 118 Å². The fourth-order valence-corrected chi connectivity index (χ4v) is 2.17. The van der Waals surface area contributed by atoms with Crippen LogP contribution in [0.15, 0.2) is 24.3 Å². The first-order valence-electron chi connectivity index (χ1n) is 7.19. The first kappa shape index (κ1) is 16.0. The zero-order chi connectivity index (χ0) is 14.3. The molecule has 3 heteroatoms. The van der Waals surface area contributed by atoms with Gasteiger partial charge in [0.15, 0.2) is 0 Å². The van der Waals surface area contributed by atoms with E-state index >= 15 is 0 Å². The van der Waals surface area contributed by atoms with Gasteiger partial charge in [0.25, 0.3) is 0 Å². The minimum Gasteiger partial charge on any atom is -0.497 e. The Morgan fingerprint density at radius 2 is 2.05 bits per heavy atom. The lowest BCUT2D eigenvalue weighted by Gasteiger charge is -2.29. The summed E-state index contributed by atoms with van der Waals surface area (Å²) >= 11 is 0. The SMILES string of the molecule is CCNC(CN(C)C(C)CC)c1cccc(OC)c1. The summed E-state index contributed by atoms with van der Waals surface area (Å²) in [4.78, 5) is 2.41. The largest absolute Gasteiger partial charge is 0.497 e. The molecule has 2 atom stereocenters. The van der Waals surface area contributed by atoms with Gasteiger partial charge in [0.05, 0.1) is 7.11 Å². The maximum atomic E-state index is 5.32. The van der Waals surface area contributed by atoms with E-state index in [4.69, 9.17) is 4.74 Å². The number of likely N-dealkylation sites (N-methyl/N-ethyl adjacent to an activating group) is 2. The summed E-state index contributed by atoms with van der Waals surface area (Å²) in [6.07, 6.45) is 1.17. The summed E-state index contributed by atoms with van der Waals surface area (Å²) in [6, 6.07) is 9.29. The van der Waals surface area contributed by atoms with Crippen LogP contribution in [-0.2, 0) is 0 Å². The number of hydrogen-bond acceptors (Lipinski definition) is 3. The van der Waals surface area contributed by atoms with E-state index in [1.54, 1.807) is 7.11 Å². The molecule has 0 saturated carbocycles. The highest BCUT2D eigenvalue weighted by Gasteiger charge is 2.16. The highest BCUT2D eigenvalue weighted by atomic mass is 16.5. The lowest BCUT2D eigenvalue weighted by atomic mass is 10.0. The van der Waals surface area contributed by atoms with Gasteiger partial charge in [0.1, 0.15) is 5.75 Å². The molecule has 3 nitrogen and oxygen atoms in total. The minimum atomic E-state index is 0.346. The van der Waals surface area contributed by atoms with Crippen molar-refractivity contribution in [3.05, 3.63) is 29.8 Å². The van der Waals surface area contributed by atoms with Crippen molar-refractivity contribution in [2.75, 3.05) is 27.2 Å². The molecule has 0 heterocycles. The molecule has 0 aliphatic carbocycles. The quantitative estimate of drug-likeness (QED) is 0.781. The first-order valence-corrected chi connectivity index (χ1v) is 7.19. The smallest absolute Gasteiger partial charge is 0.119 e. The van der Waals surface area contributed by atoms with Crippen molar-refractivity contribution in [1.82, 2.24) is 10.2 Å². The van der Waals surface area contributed by atoms with Crippen molar-refractivity contribution >= 4 is 0 Å². The summed E-state index contributed by atoms with van der Waals surface area (Å²) in [6.45, 7) is 8.63. The van der Waals surface area contributed by atoms with Gasteiger partial charge in [-0.25, -0.2) is 0 Å². The van der Waals surface area contributed by atoms with Gasteiger partial charge in [-0.15, -0.1) is 0 Å². The molecule has 0 aromatic heterocycles. The van der Waals surface area contributed by atoms with E-state index in [0.29, 0.717) is 12.1 Å². The zero-order valence-electron chi connectivity index (χ0n) is 12.9. The molecule has 0 amide bonds. The van der Waals surface area contributed by atoms with Crippen LogP contribution in [0.5, 0.6) is 5.75 Å². The zero-order valence-corrected chi connectivity index (χ0v) is 12.9. The van der Waals surface area contributed by atoms with Crippen LogP contribution in [0.1, 0.15) is 38.8 Å². The third kappa shape index (κ3) is 4.84. The van der Waals surface area contributed by atoms with Gasteiger partial charge in [0.2, 0.25) is 0 Å². The first-order chi connectivity index (χ1) is 9.12. The molecule has 1 aromatic carbocycles. The van der Waals surface area contributed by atoms with Crippen LogP contribution in [0.4, 0.5) is 0 Å². The third-order valence-electron chi connectivity index (χ3n) is 3.76. The maximum Gasteiger partial charge on any atom is 0.119 e. The Kier molecular flexibility index (Phi) is 6.89. The molecule has 19 heavy (non-hydrogen) atoms. The summed E-state index contributed by atoms with van der Waals surface area (Å²) in [7, 11) is 3.91. The summed E-state index contributed by atoms with van der Waals surface area (Å²) in [5.41, 5.74) is 1.29. The molecule has 0 aliphatic heterocycles. The van der Waals surface area contributed by atoms with Gasteiger partial charge in [-0.2, -0.15) is 0 Å². The van der Waals surface area contributed by atoms with Gasteiger partial charge in [-0.05, 0) is 44.6 Å². The molecule has 0 radical (unpaired) electrons. The summed E-state index contributed by atoms with van der Waals surface area (Å²) in [5, 5.41) is 3.56. The number of methoxy groups -OCH3 is 1. The number of hydrogen-bond donors (Lipinski definition) is 1. The molecule has 0 bridgehead atoms. The molecule has 1 rings (SSSR count). The monoisotopic (exact) mass is 264 g/mol. The van der Waals surface area contributed by atoms with Crippen LogP contribution >= 0.6 is 0 Å². The van der Waals surface area contributed by atoms with Crippen LogP contribution in [0.3, 0.4) is 0 Å². The number of nitrogens with one attached hydrogen (secondary N) is 1. The number of ether oxygens (including phenoxy) is 1. The summed E-state index contributed by atoms with van der Waals surface area (Å²) < 4.78 is 5.32. The molecule has 0 fully saturated rings. The molecular weight excluding hydrogens is 236 g/mol. The third-order valence-corrected chi connectivity index (χ3v) is 3.76. The Balaban J connectivity index is 2.80. The van der Waals surface area contributed by atoms with Crippen LogP contribution in [0.2, 0.25) is 0 Å². The van der Waals surface area contributed by atoms with E-state index in [0.717, 1.165) is 18.8 Å². The van der Waals surface area contributed by atoms with E-state index < -0.39 is 0 Å². The second-order valence-electron chi connectivity index (χ2n) is 5.08. The second kappa shape index (κ2) is 8.18. The minimum absolute atomic E-state index is 0.346. The standard InChI is InChI=1S/C16H28N2O/c1-6-13(3)18(4)12-16(17-7-2)14-9-8-10-15(11-14)19-5/h8-11,13,16-17H,6-7,12H2,1-5H3. The highest BCUT2D eigenvalue weighted by molar-refractivity contribution is 5.30. The Bertz CT molecular complexity index is 368. The van der Waals surface area contributed by atoms with Crippen LogP contribution in [-0.4, -0.2) is 38.2 Å². The van der Waals surface area contributed by atoms with Crippen molar-refractivity contribution in [3.8, 4) is 5.75 Å². The molecule has 108 valence electrons. The van der Waals surface area contributed by atoms with Crippen molar-refractivity contribution < 1.29 is 4.74 Å². The average Bonchev–Trinajstić information content (AvgIpc) is 2.45. The normalized spacial score (nSPS) is 14.4. The van der Waals surface area contributed by atoms with Crippen LogP contribution in [0.25, 0.3) is 0 Å². The second-order valence-corrected chi connectivity index (χ2v) is 5.08. The predicted octanol–water partition coefficient (Wildman–Crippen LogP) is 3.08. The lowest BCUT2D eigenvalue weighted by Crippen LogP contribution is -2.37. The molecule has 0 saturated heterocycles. The number of rotatable bonds is 8. The number of benzene rings is 1. The Hall–Kier alpha value is -1.06. The molecule has 0 spiro atoms. The maximum absolute atomic E-state index is 5.32. The predicted molar refractivity (Wildman–Crippen MR) is 81.8 cm³/mol. The highest BCUT2D eigenvalue weighted by Crippen LogP contribution is 2.20. The van der Waals surface area contributed by atoms with E-state index in [-0.39, 0.29) is 0 Å². The topological polar surface area (TPSA) is 24.5 Å². The number of nitrogens with zero attached hydrogens (tertiary/aromatic N) is 1. The van der Waals surface area contributed by atoms with Crippen LogP contribution in [0, 0.1) is 0 Å². The molecule has 2 unspecified atom stereocenters. The average molecular weight is 264 g/mol. The van der Waals surface area contributed by atoms with Gasteiger partial charge in [-0.1, -0.05) is 26.0 Å². The van der Waals surface area contributed by atoms with E-state index in [1.165, 1.54) is 12.0 Å². The van der Waals surface area contributed by atoms with Gasteiger partial charge >= 0.3 is 0 Å². The Morgan fingerprint density at radius 1 is 1.32 bits per heavy atom. The van der Waals surface area contributed by atoms with Gasteiger partial charge in [-0.3, -0.25) is 0 Å². The Morgan fingerprint density at radius 3 is 2.63 bits per heavy atom. The summed E-state index contributed by atoms with van der Waals surface area (Å²) in [5.74, 6) is 0.923. The van der Waals surface area contributed by atoms with Gasteiger partial charge in [0, 0.05) is 18.6 Å². The van der Waals surface area contributed by atoms with Crippen LogP contribution < -0.4 is 10.1 Å². The molecule has 1 aromatic rings. The molecule has 1 N–H and O–H groups in total. The van der Waals surface area contributed by atoms with Crippen molar-refractivity contribution in [2.24, 2.45) is 0 Å².